The highest BCUT2D eigenvalue weighted by molar-refractivity contribution is 5.74. The Labute approximate surface area is 97.2 Å². The van der Waals surface area contributed by atoms with Crippen LogP contribution in [0.4, 0.5) is 4.79 Å². The Morgan fingerprint density at radius 2 is 2.00 bits per heavy atom. The van der Waals surface area contributed by atoms with E-state index in [9.17, 15) is 4.79 Å². The van der Waals surface area contributed by atoms with Crippen LogP contribution in [0.3, 0.4) is 0 Å². The zero-order valence-electron chi connectivity index (χ0n) is 10.4. The quantitative estimate of drug-likeness (QED) is 0.481. The summed E-state index contributed by atoms with van der Waals surface area (Å²) in [4.78, 5) is 11.2. The molecule has 4 N–H and O–H groups in total. The van der Waals surface area contributed by atoms with Crippen molar-refractivity contribution in [3.63, 3.8) is 0 Å². The molecule has 0 aromatic carbocycles. The van der Waals surface area contributed by atoms with Gasteiger partial charge in [-0.2, -0.15) is 0 Å². The molecule has 0 saturated carbocycles. The lowest BCUT2D eigenvalue weighted by atomic mass is 9.89. The first-order valence-electron chi connectivity index (χ1n) is 5.67. The molecule has 5 heteroatoms. The van der Waals surface area contributed by atoms with Crippen molar-refractivity contribution in [2.24, 2.45) is 5.41 Å². The first-order chi connectivity index (χ1) is 7.41. The molecule has 0 fully saturated rings. The summed E-state index contributed by atoms with van der Waals surface area (Å²) in [6, 6.07) is -0.489. The second kappa shape index (κ2) is 7.46. The second-order valence-electron chi connectivity index (χ2n) is 4.91. The molecule has 0 aromatic rings. The summed E-state index contributed by atoms with van der Waals surface area (Å²) in [5, 5.41) is 23.0. The summed E-state index contributed by atoms with van der Waals surface area (Å²) >= 11 is 0. The number of carbonyl (C=O) groups is 1. The van der Waals surface area contributed by atoms with Crippen LogP contribution >= 0.6 is 0 Å². The first-order valence-corrected chi connectivity index (χ1v) is 5.67. The molecule has 96 valence electrons. The number of carbonyl (C=O) groups excluding carboxylic acids is 1. The summed E-state index contributed by atoms with van der Waals surface area (Å²) in [6.07, 6.45) is 1.69. The van der Waals surface area contributed by atoms with Crippen molar-refractivity contribution in [1.29, 1.82) is 0 Å². The molecule has 1 atom stereocenters. The zero-order chi connectivity index (χ0) is 12.6. The minimum atomic E-state index is -0.261. The molecule has 0 heterocycles. The lowest BCUT2D eigenvalue weighted by Crippen LogP contribution is -2.42. The normalized spacial score (nSPS) is 13.3. The molecule has 0 aromatic heterocycles. The summed E-state index contributed by atoms with van der Waals surface area (Å²) < 4.78 is 0. The number of aliphatic hydroxyl groups excluding tert-OH is 2. The van der Waals surface area contributed by atoms with E-state index in [-0.39, 0.29) is 30.7 Å². The number of amides is 2. The molecule has 1 unspecified atom stereocenters. The van der Waals surface area contributed by atoms with Gasteiger partial charge >= 0.3 is 6.03 Å². The van der Waals surface area contributed by atoms with Crippen LogP contribution in [0.1, 0.15) is 33.6 Å². The van der Waals surface area contributed by atoms with Gasteiger partial charge < -0.3 is 20.8 Å². The Kier molecular flexibility index (Phi) is 7.08. The molecule has 2 amide bonds. The molecule has 0 saturated heterocycles. The summed E-state index contributed by atoms with van der Waals surface area (Å²) in [6.45, 7) is 6.37. The van der Waals surface area contributed by atoms with E-state index >= 15 is 0 Å². The molecule has 0 rings (SSSR count). The van der Waals surface area contributed by atoms with Crippen LogP contribution in [0.25, 0.3) is 0 Å². The zero-order valence-corrected chi connectivity index (χ0v) is 10.4. The van der Waals surface area contributed by atoms with Gasteiger partial charge in [0.1, 0.15) is 0 Å². The van der Waals surface area contributed by atoms with Gasteiger partial charge in [0.05, 0.1) is 12.6 Å². The smallest absolute Gasteiger partial charge is 0.315 e. The van der Waals surface area contributed by atoms with Crippen molar-refractivity contribution in [1.82, 2.24) is 10.6 Å². The van der Waals surface area contributed by atoms with Crippen molar-refractivity contribution >= 4 is 6.03 Å². The summed E-state index contributed by atoms with van der Waals surface area (Å²) in [7, 11) is 0. The minimum Gasteiger partial charge on any atom is -0.396 e. The Bertz CT molecular complexity index is 207. The standard InChI is InChI=1S/C11H24N2O3/c1-9(7-14)13-10(16)12-6-4-5-11(2,3)8-15/h9,14-15H,4-8H2,1-3H3,(H2,12,13,16). The molecule has 5 nitrogen and oxygen atoms in total. The van der Waals surface area contributed by atoms with Crippen LogP contribution in [0.15, 0.2) is 0 Å². The SMILES string of the molecule is CC(CO)NC(=O)NCCCC(C)(C)CO. The van der Waals surface area contributed by atoms with Crippen molar-refractivity contribution in [3.05, 3.63) is 0 Å². The fraction of sp³-hybridized carbons (Fsp3) is 0.909. The predicted octanol–water partition coefficient (Wildman–Crippen LogP) is 0.465. The Hall–Kier alpha value is -0.810. The highest BCUT2D eigenvalue weighted by Crippen LogP contribution is 2.20. The van der Waals surface area contributed by atoms with E-state index in [1.165, 1.54) is 0 Å². The lowest BCUT2D eigenvalue weighted by molar-refractivity contribution is 0.148. The maximum Gasteiger partial charge on any atom is 0.315 e. The molecule has 0 spiro atoms. The molecular weight excluding hydrogens is 208 g/mol. The van der Waals surface area contributed by atoms with Crippen molar-refractivity contribution in [2.75, 3.05) is 19.8 Å². The second-order valence-corrected chi connectivity index (χ2v) is 4.91. The molecule has 0 radical (unpaired) electrons. The third-order valence-corrected chi connectivity index (χ3v) is 2.40. The van der Waals surface area contributed by atoms with E-state index in [1.807, 2.05) is 13.8 Å². The van der Waals surface area contributed by atoms with Crippen LogP contribution in [0.2, 0.25) is 0 Å². The molecule has 0 aliphatic carbocycles. The van der Waals surface area contributed by atoms with Gasteiger partial charge in [0, 0.05) is 13.2 Å². The first kappa shape index (κ1) is 15.2. The van der Waals surface area contributed by atoms with Gasteiger partial charge in [-0.3, -0.25) is 0 Å². The average Bonchev–Trinajstić information content (AvgIpc) is 2.24. The van der Waals surface area contributed by atoms with Crippen molar-refractivity contribution < 1.29 is 15.0 Å². The van der Waals surface area contributed by atoms with Gasteiger partial charge in [0.15, 0.2) is 0 Å². The Morgan fingerprint density at radius 1 is 1.38 bits per heavy atom. The van der Waals surface area contributed by atoms with Crippen molar-refractivity contribution in [3.8, 4) is 0 Å². The van der Waals surface area contributed by atoms with Crippen molar-refractivity contribution in [2.45, 2.75) is 39.7 Å². The van der Waals surface area contributed by atoms with E-state index in [0.717, 1.165) is 12.8 Å². The minimum absolute atomic E-state index is 0.0645. The molecule has 16 heavy (non-hydrogen) atoms. The van der Waals surface area contributed by atoms with E-state index in [0.29, 0.717) is 6.54 Å². The maximum atomic E-state index is 11.2. The van der Waals surface area contributed by atoms with Crippen LogP contribution in [0.5, 0.6) is 0 Å². The van der Waals surface area contributed by atoms with E-state index in [2.05, 4.69) is 10.6 Å². The number of hydrogen-bond donors (Lipinski definition) is 4. The lowest BCUT2D eigenvalue weighted by Gasteiger charge is -2.21. The third kappa shape index (κ3) is 7.48. The van der Waals surface area contributed by atoms with Gasteiger partial charge in [-0.1, -0.05) is 13.8 Å². The predicted molar refractivity (Wildman–Crippen MR) is 63.2 cm³/mol. The Morgan fingerprint density at radius 3 is 2.50 bits per heavy atom. The molecule has 0 aliphatic heterocycles. The average molecular weight is 232 g/mol. The maximum absolute atomic E-state index is 11.2. The van der Waals surface area contributed by atoms with Crippen LogP contribution in [-0.2, 0) is 0 Å². The number of hydrogen-bond acceptors (Lipinski definition) is 3. The summed E-state index contributed by atoms with van der Waals surface area (Å²) in [5.74, 6) is 0. The van der Waals surface area contributed by atoms with E-state index in [1.54, 1.807) is 6.92 Å². The molecule has 0 bridgehead atoms. The summed E-state index contributed by atoms with van der Waals surface area (Å²) in [5.41, 5.74) is -0.0868. The van der Waals surface area contributed by atoms with Gasteiger partial charge in [0.2, 0.25) is 0 Å². The monoisotopic (exact) mass is 232 g/mol. The number of urea groups is 1. The van der Waals surface area contributed by atoms with Crippen LogP contribution in [0, 0.1) is 5.41 Å². The topological polar surface area (TPSA) is 81.6 Å². The largest absolute Gasteiger partial charge is 0.396 e. The molecular formula is C11H24N2O3. The third-order valence-electron chi connectivity index (χ3n) is 2.40. The molecule has 0 aliphatic rings. The highest BCUT2D eigenvalue weighted by Gasteiger charge is 2.15. The highest BCUT2D eigenvalue weighted by atomic mass is 16.3. The van der Waals surface area contributed by atoms with Gasteiger partial charge in [-0.25, -0.2) is 4.79 Å². The van der Waals surface area contributed by atoms with Gasteiger partial charge in [-0.15, -0.1) is 0 Å². The number of nitrogens with one attached hydrogen (secondary N) is 2. The van der Waals surface area contributed by atoms with Gasteiger partial charge in [-0.05, 0) is 25.2 Å². The number of aliphatic hydroxyl groups is 2. The van der Waals surface area contributed by atoms with Gasteiger partial charge in [0.25, 0.3) is 0 Å². The fourth-order valence-corrected chi connectivity index (χ4v) is 1.17. The van der Waals surface area contributed by atoms with Crippen LogP contribution in [-0.4, -0.2) is 42.0 Å². The van der Waals surface area contributed by atoms with E-state index < -0.39 is 0 Å². The van der Waals surface area contributed by atoms with E-state index in [4.69, 9.17) is 10.2 Å². The Balaban J connectivity index is 3.56. The number of rotatable bonds is 7. The fourth-order valence-electron chi connectivity index (χ4n) is 1.17. The van der Waals surface area contributed by atoms with Crippen LogP contribution < -0.4 is 10.6 Å².